The average Bonchev–Trinajstić information content (AvgIpc) is 3.07. The Kier molecular flexibility index (Phi) is 4.97. The van der Waals surface area contributed by atoms with Gasteiger partial charge in [-0.15, -0.1) is 10.2 Å². The van der Waals surface area contributed by atoms with E-state index in [9.17, 15) is 9.59 Å². The summed E-state index contributed by atoms with van der Waals surface area (Å²) in [6, 6.07) is 7.55. The Bertz CT molecular complexity index is 748. The zero-order valence-corrected chi connectivity index (χ0v) is 14.3. The van der Waals surface area contributed by atoms with Gasteiger partial charge < -0.3 is 19.0 Å². The summed E-state index contributed by atoms with van der Waals surface area (Å²) in [4.78, 5) is 27.8. The van der Waals surface area contributed by atoms with Crippen LogP contribution >= 0.6 is 0 Å². The standard InChI is InChI=1S/C17H20N4O4/c1-12-3-5-14(6-4-12)24-11-15(22)20-7-9-21(10-8-20)17(23)16-19-18-13(2)25-16/h3-6H,7-11H2,1-2H3. The minimum atomic E-state index is -0.302. The molecule has 3 rings (SSSR count). The highest BCUT2D eigenvalue weighted by Crippen LogP contribution is 2.12. The maximum absolute atomic E-state index is 12.2. The second-order valence-corrected chi connectivity index (χ2v) is 5.90. The zero-order valence-electron chi connectivity index (χ0n) is 14.3. The molecule has 8 nitrogen and oxygen atoms in total. The van der Waals surface area contributed by atoms with E-state index in [1.54, 1.807) is 16.7 Å². The molecule has 1 aliphatic heterocycles. The van der Waals surface area contributed by atoms with Crippen molar-refractivity contribution in [3.63, 3.8) is 0 Å². The van der Waals surface area contributed by atoms with Crippen LogP contribution in [0.1, 0.15) is 22.1 Å². The number of piperazine rings is 1. The summed E-state index contributed by atoms with van der Waals surface area (Å²) < 4.78 is 10.7. The monoisotopic (exact) mass is 344 g/mol. The molecule has 8 heteroatoms. The van der Waals surface area contributed by atoms with Crippen LogP contribution in [0.25, 0.3) is 0 Å². The van der Waals surface area contributed by atoms with Crippen LogP contribution < -0.4 is 4.74 Å². The lowest BCUT2D eigenvalue weighted by atomic mass is 10.2. The fraction of sp³-hybridized carbons (Fsp3) is 0.412. The molecule has 0 radical (unpaired) electrons. The summed E-state index contributed by atoms with van der Waals surface area (Å²) >= 11 is 0. The number of aryl methyl sites for hydroxylation is 2. The molecule has 0 N–H and O–H groups in total. The number of amides is 2. The molecule has 1 aliphatic rings. The van der Waals surface area contributed by atoms with Gasteiger partial charge in [0.25, 0.3) is 5.91 Å². The third kappa shape index (κ3) is 4.14. The van der Waals surface area contributed by atoms with Crippen LogP contribution in [0.3, 0.4) is 0 Å². The van der Waals surface area contributed by atoms with E-state index in [1.165, 1.54) is 0 Å². The predicted molar refractivity (Wildman–Crippen MR) is 88.2 cm³/mol. The van der Waals surface area contributed by atoms with Gasteiger partial charge in [0.15, 0.2) is 6.61 Å². The molecule has 2 heterocycles. The quantitative estimate of drug-likeness (QED) is 0.824. The molecule has 0 bridgehead atoms. The van der Waals surface area contributed by atoms with Crippen LogP contribution in [0.5, 0.6) is 5.75 Å². The van der Waals surface area contributed by atoms with Gasteiger partial charge in [0.2, 0.25) is 5.89 Å². The van der Waals surface area contributed by atoms with Gasteiger partial charge in [-0.1, -0.05) is 17.7 Å². The SMILES string of the molecule is Cc1ccc(OCC(=O)N2CCN(C(=O)c3nnc(C)o3)CC2)cc1. The van der Waals surface area contributed by atoms with Crippen LogP contribution in [0.15, 0.2) is 28.7 Å². The summed E-state index contributed by atoms with van der Waals surface area (Å²) in [5.74, 6) is 0.606. The third-order valence-corrected chi connectivity index (χ3v) is 4.01. The number of benzene rings is 1. The van der Waals surface area contributed by atoms with Crippen LogP contribution in [0.2, 0.25) is 0 Å². The van der Waals surface area contributed by atoms with Gasteiger partial charge in [0, 0.05) is 33.1 Å². The lowest BCUT2D eigenvalue weighted by Crippen LogP contribution is -2.51. The first-order chi connectivity index (χ1) is 12.0. The van der Waals surface area contributed by atoms with Crippen molar-refractivity contribution < 1.29 is 18.7 Å². The minimum absolute atomic E-state index is 0.0139. The van der Waals surface area contributed by atoms with E-state index in [-0.39, 0.29) is 24.3 Å². The van der Waals surface area contributed by atoms with Gasteiger partial charge in [0.1, 0.15) is 5.75 Å². The fourth-order valence-corrected chi connectivity index (χ4v) is 2.55. The van der Waals surface area contributed by atoms with Crippen molar-refractivity contribution in [1.82, 2.24) is 20.0 Å². The van der Waals surface area contributed by atoms with Gasteiger partial charge in [0.05, 0.1) is 0 Å². The first-order valence-electron chi connectivity index (χ1n) is 8.09. The first-order valence-corrected chi connectivity index (χ1v) is 8.09. The van der Waals surface area contributed by atoms with E-state index >= 15 is 0 Å². The number of rotatable bonds is 4. The highest BCUT2D eigenvalue weighted by Gasteiger charge is 2.27. The molecule has 0 unspecified atom stereocenters. The zero-order chi connectivity index (χ0) is 17.8. The Morgan fingerprint density at radius 2 is 1.68 bits per heavy atom. The Morgan fingerprint density at radius 3 is 2.28 bits per heavy atom. The van der Waals surface area contributed by atoms with Crippen LogP contribution in [0, 0.1) is 13.8 Å². The van der Waals surface area contributed by atoms with E-state index in [0.29, 0.717) is 37.8 Å². The van der Waals surface area contributed by atoms with Crippen LogP contribution in [-0.2, 0) is 4.79 Å². The van der Waals surface area contributed by atoms with Crippen LogP contribution in [-0.4, -0.2) is 64.6 Å². The minimum Gasteiger partial charge on any atom is -0.484 e. The lowest BCUT2D eigenvalue weighted by molar-refractivity contribution is -0.134. The fourth-order valence-electron chi connectivity index (χ4n) is 2.55. The van der Waals surface area contributed by atoms with Crippen molar-refractivity contribution in [2.24, 2.45) is 0 Å². The number of hydrogen-bond acceptors (Lipinski definition) is 6. The molecule has 132 valence electrons. The predicted octanol–water partition coefficient (Wildman–Crippen LogP) is 1.05. The van der Waals surface area contributed by atoms with E-state index in [1.807, 2.05) is 31.2 Å². The van der Waals surface area contributed by atoms with Gasteiger partial charge in [-0.25, -0.2) is 0 Å². The van der Waals surface area contributed by atoms with E-state index in [2.05, 4.69) is 10.2 Å². The third-order valence-electron chi connectivity index (χ3n) is 4.01. The number of carbonyl (C=O) groups excluding carboxylic acids is 2. The summed E-state index contributed by atoms with van der Waals surface area (Å²) in [6.07, 6.45) is 0. The first kappa shape index (κ1) is 16.9. The molecule has 25 heavy (non-hydrogen) atoms. The molecule has 0 spiro atoms. The van der Waals surface area contributed by atoms with Crippen molar-refractivity contribution in [1.29, 1.82) is 0 Å². The summed E-state index contributed by atoms with van der Waals surface area (Å²) in [5.41, 5.74) is 1.14. The van der Waals surface area contributed by atoms with Gasteiger partial charge in [-0.05, 0) is 19.1 Å². The molecule has 0 atom stereocenters. The largest absolute Gasteiger partial charge is 0.484 e. The highest BCUT2D eigenvalue weighted by molar-refractivity contribution is 5.89. The summed E-state index contributed by atoms with van der Waals surface area (Å²) in [5, 5.41) is 7.39. The smallest absolute Gasteiger partial charge is 0.311 e. The number of hydrogen-bond donors (Lipinski definition) is 0. The number of carbonyl (C=O) groups is 2. The normalized spacial score (nSPS) is 14.5. The average molecular weight is 344 g/mol. The van der Waals surface area contributed by atoms with E-state index < -0.39 is 0 Å². The molecule has 1 fully saturated rings. The van der Waals surface area contributed by atoms with Crippen molar-refractivity contribution >= 4 is 11.8 Å². The molecule has 0 saturated carbocycles. The lowest BCUT2D eigenvalue weighted by Gasteiger charge is -2.33. The van der Waals surface area contributed by atoms with Gasteiger partial charge in [-0.2, -0.15) is 0 Å². The van der Waals surface area contributed by atoms with Crippen molar-refractivity contribution in [2.75, 3.05) is 32.8 Å². The number of aromatic nitrogens is 2. The Labute approximate surface area is 145 Å². The molecular formula is C17H20N4O4. The van der Waals surface area contributed by atoms with Crippen molar-refractivity contribution in [3.05, 3.63) is 41.6 Å². The van der Waals surface area contributed by atoms with Gasteiger partial charge in [-0.3, -0.25) is 9.59 Å². The Hall–Kier alpha value is -2.90. The van der Waals surface area contributed by atoms with Crippen LogP contribution in [0.4, 0.5) is 0 Å². The molecule has 2 aromatic rings. The van der Waals surface area contributed by atoms with E-state index in [0.717, 1.165) is 5.56 Å². The highest BCUT2D eigenvalue weighted by atomic mass is 16.5. The molecule has 2 amide bonds. The van der Waals surface area contributed by atoms with Crippen molar-refractivity contribution in [3.8, 4) is 5.75 Å². The summed E-state index contributed by atoms with van der Waals surface area (Å²) in [7, 11) is 0. The molecule has 1 aromatic heterocycles. The topological polar surface area (TPSA) is 88.8 Å². The number of ether oxygens (including phenoxy) is 1. The van der Waals surface area contributed by atoms with Gasteiger partial charge >= 0.3 is 11.8 Å². The van der Waals surface area contributed by atoms with Crippen molar-refractivity contribution in [2.45, 2.75) is 13.8 Å². The van der Waals surface area contributed by atoms with E-state index in [4.69, 9.17) is 9.15 Å². The maximum Gasteiger partial charge on any atom is 0.311 e. The Balaban J connectivity index is 1.47. The second-order valence-electron chi connectivity index (χ2n) is 5.90. The maximum atomic E-state index is 12.2. The molecule has 0 aliphatic carbocycles. The Morgan fingerprint density at radius 1 is 1.04 bits per heavy atom. The number of nitrogens with zero attached hydrogens (tertiary/aromatic N) is 4. The summed E-state index contributed by atoms with van der Waals surface area (Å²) in [6.45, 7) is 5.37. The molecule has 1 saturated heterocycles. The second kappa shape index (κ2) is 7.33. The molecule has 1 aromatic carbocycles. The molecular weight excluding hydrogens is 324 g/mol.